The molecule has 0 radical (unpaired) electrons. The van der Waals surface area contributed by atoms with Crippen LogP contribution in [0.5, 0.6) is 0 Å². The second kappa shape index (κ2) is 10.4. The van der Waals surface area contributed by atoms with Crippen LogP contribution in [-0.4, -0.2) is 92.7 Å². The van der Waals surface area contributed by atoms with Gasteiger partial charge < -0.3 is 35.0 Å². The number of carbonyl (C=O) groups is 3. The number of rotatable bonds is 11. The smallest absolute Gasteiger partial charge is 0.342 e. The number of hydrogen-bond donors (Lipinski definition) is 5. The van der Waals surface area contributed by atoms with Gasteiger partial charge in [0.25, 0.3) is 0 Å². The number of aliphatic hydroxyl groups excluding tert-OH is 2. The fourth-order valence-electron chi connectivity index (χ4n) is 5.92. The molecule has 0 unspecified atom stereocenters. The molecule has 2 aliphatic heterocycles. The van der Waals surface area contributed by atoms with Crippen molar-refractivity contribution in [2.75, 3.05) is 0 Å². The molecule has 3 heterocycles. The number of allylic oxidation sites excluding steroid dienone is 1. The number of ether oxygens (including phenoxy) is 2. The maximum atomic E-state index is 12.7. The number of benzene rings is 1. The second-order valence-corrected chi connectivity index (χ2v) is 10.5. The molecule has 4 rings (SSSR count). The van der Waals surface area contributed by atoms with Gasteiger partial charge >= 0.3 is 11.9 Å². The number of nitrogens with zero attached hydrogens (tertiary/aromatic N) is 4. The van der Waals surface area contributed by atoms with Crippen molar-refractivity contribution >= 4 is 17.7 Å². The molecule has 14 nitrogen and oxygen atoms in total. The maximum Gasteiger partial charge on any atom is 0.342 e. The van der Waals surface area contributed by atoms with E-state index >= 15 is 0 Å². The lowest BCUT2D eigenvalue weighted by atomic mass is 9.74. The first-order valence-corrected chi connectivity index (χ1v) is 12.6. The Morgan fingerprint density at radius 1 is 1.12 bits per heavy atom. The molecular weight excluding hydrogens is 528 g/mol. The molecule has 2 bridgehead atoms. The molecule has 0 spiro atoms. The van der Waals surface area contributed by atoms with Gasteiger partial charge in [-0.2, -0.15) is 4.80 Å². The minimum Gasteiger partial charge on any atom is -0.479 e. The summed E-state index contributed by atoms with van der Waals surface area (Å²) in [4.78, 5) is 38.5. The van der Waals surface area contributed by atoms with Crippen LogP contribution < -0.4 is 0 Å². The normalized spacial score (nSPS) is 32.8. The highest BCUT2D eigenvalue weighted by molar-refractivity contribution is 5.93. The van der Waals surface area contributed by atoms with Crippen molar-refractivity contribution in [2.45, 2.75) is 68.4 Å². The summed E-state index contributed by atoms with van der Waals surface area (Å²) in [5, 5.41) is 64.6. The Kier molecular flexibility index (Phi) is 7.68. The standard InChI is InChI=1S/C26H32N4O10/c1-13(17(15(3)31)14(2)12-16-8-6-5-7-9-16)10-11-24-18(32)19(33)26(40-24,23(36)37)25(38,22(34)35)20(39-24)21-27-29-30(4)28-21/h5-9,14,17-20,32-33,38H,1,10-12H2,2-4H3,(H,34,35)(H,36,37)/t14-,17-,18-,19-,20-,24+,25-,26+/m1/s1. The number of carboxylic acid groups (broad SMARTS) is 2. The molecule has 0 amide bonds. The maximum absolute atomic E-state index is 12.7. The molecule has 0 aliphatic carbocycles. The Bertz CT molecular complexity index is 1320. The molecule has 2 saturated heterocycles. The van der Waals surface area contributed by atoms with Crippen LogP contribution in [0.15, 0.2) is 42.5 Å². The highest BCUT2D eigenvalue weighted by atomic mass is 16.8. The quantitative estimate of drug-likeness (QED) is 0.225. The summed E-state index contributed by atoms with van der Waals surface area (Å²) in [6.45, 7) is 7.38. The fraction of sp³-hybridized carbons (Fsp3) is 0.538. The zero-order valence-corrected chi connectivity index (χ0v) is 22.2. The van der Waals surface area contributed by atoms with Crippen LogP contribution in [-0.2, 0) is 37.3 Å². The minimum absolute atomic E-state index is 0.0467. The van der Waals surface area contributed by atoms with Gasteiger partial charge in [0.1, 0.15) is 18.0 Å². The van der Waals surface area contributed by atoms with Crippen molar-refractivity contribution in [1.82, 2.24) is 20.2 Å². The first-order chi connectivity index (χ1) is 18.7. The van der Waals surface area contributed by atoms with Crippen LogP contribution in [0.2, 0.25) is 0 Å². The highest BCUT2D eigenvalue weighted by Gasteiger charge is 2.84. The number of aliphatic hydroxyl groups is 3. The average molecular weight is 561 g/mol. The van der Waals surface area contributed by atoms with Crippen molar-refractivity contribution in [3.05, 3.63) is 53.9 Å². The van der Waals surface area contributed by atoms with E-state index in [0.717, 1.165) is 10.4 Å². The van der Waals surface area contributed by atoms with Gasteiger partial charge in [-0.05, 0) is 36.5 Å². The number of hydrogen-bond acceptors (Lipinski definition) is 11. The van der Waals surface area contributed by atoms with Gasteiger partial charge in [-0.1, -0.05) is 49.4 Å². The third-order valence-corrected chi connectivity index (χ3v) is 7.81. The summed E-state index contributed by atoms with van der Waals surface area (Å²) >= 11 is 0. The number of ketones is 1. The first kappa shape index (κ1) is 29.4. The van der Waals surface area contributed by atoms with E-state index in [4.69, 9.17) is 9.47 Å². The molecule has 216 valence electrons. The largest absolute Gasteiger partial charge is 0.479 e. The van der Waals surface area contributed by atoms with Gasteiger partial charge in [0.2, 0.25) is 17.0 Å². The monoisotopic (exact) mass is 560 g/mol. The number of carbonyl (C=O) groups excluding carboxylic acids is 1. The van der Waals surface area contributed by atoms with Gasteiger partial charge in [-0.15, -0.1) is 10.2 Å². The molecule has 0 saturated carbocycles. The first-order valence-electron chi connectivity index (χ1n) is 12.6. The average Bonchev–Trinajstić information content (AvgIpc) is 3.40. The van der Waals surface area contributed by atoms with E-state index in [0.29, 0.717) is 12.0 Å². The Morgan fingerprint density at radius 3 is 2.30 bits per heavy atom. The topological polar surface area (TPSA) is 214 Å². The van der Waals surface area contributed by atoms with E-state index in [2.05, 4.69) is 22.0 Å². The number of Topliss-reactive ketones (excluding diaryl/α,β-unsaturated/α-hetero) is 1. The van der Waals surface area contributed by atoms with Gasteiger partial charge in [-0.3, -0.25) is 4.79 Å². The van der Waals surface area contributed by atoms with E-state index < -0.39 is 59.0 Å². The van der Waals surface area contributed by atoms with E-state index in [9.17, 15) is 39.9 Å². The lowest BCUT2D eigenvalue weighted by Crippen LogP contribution is -2.74. The molecule has 40 heavy (non-hydrogen) atoms. The fourth-order valence-corrected chi connectivity index (χ4v) is 5.92. The number of aromatic nitrogens is 4. The molecule has 1 aromatic carbocycles. The second-order valence-electron chi connectivity index (χ2n) is 10.5. The zero-order chi connectivity index (χ0) is 29.6. The van der Waals surface area contributed by atoms with Gasteiger partial charge in [-0.25, -0.2) is 9.59 Å². The van der Waals surface area contributed by atoms with Crippen molar-refractivity contribution in [2.24, 2.45) is 18.9 Å². The predicted molar refractivity (Wildman–Crippen MR) is 133 cm³/mol. The Balaban J connectivity index is 1.68. The number of aliphatic carboxylic acids is 2. The van der Waals surface area contributed by atoms with Gasteiger partial charge in [0, 0.05) is 12.3 Å². The predicted octanol–water partition coefficient (Wildman–Crippen LogP) is -0.211. The van der Waals surface area contributed by atoms with E-state index in [1.54, 1.807) is 0 Å². The molecule has 2 aliphatic rings. The molecule has 14 heteroatoms. The van der Waals surface area contributed by atoms with Crippen LogP contribution in [0.1, 0.15) is 44.2 Å². The molecular formula is C26H32N4O10. The Labute approximate surface area is 228 Å². The summed E-state index contributed by atoms with van der Waals surface area (Å²) in [5.41, 5.74) is -5.31. The summed E-state index contributed by atoms with van der Waals surface area (Å²) in [6.07, 6.45) is -6.52. The SMILES string of the molecule is C=C(CC[C@]12O[C@H](c3nnn(C)n3)[C@@](O)(C(=O)O)[C@](C(=O)O)(O1)[C@H](O)[C@H]2O)[C@@H](C(C)=O)[C@H](C)Cc1ccccc1. The number of carboxylic acids is 2. The number of tetrazole rings is 1. The summed E-state index contributed by atoms with van der Waals surface area (Å²) in [5.74, 6) is -7.99. The van der Waals surface area contributed by atoms with Crippen LogP contribution in [0.25, 0.3) is 0 Å². The number of aryl methyl sites for hydroxylation is 1. The van der Waals surface area contributed by atoms with E-state index in [1.165, 1.54) is 14.0 Å². The molecule has 2 aromatic rings. The lowest BCUT2D eigenvalue weighted by Gasteiger charge is -2.49. The van der Waals surface area contributed by atoms with Crippen molar-refractivity contribution in [3.8, 4) is 0 Å². The van der Waals surface area contributed by atoms with Crippen LogP contribution >= 0.6 is 0 Å². The van der Waals surface area contributed by atoms with E-state index in [-0.39, 0.29) is 24.5 Å². The lowest BCUT2D eigenvalue weighted by molar-refractivity contribution is -0.383. The zero-order valence-electron chi connectivity index (χ0n) is 22.2. The highest BCUT2D eigenvalue weighted by Crippen LogP contribution is 2.58. The minimum atomic E-state index is -3.48. The molecule has 8 atom stereocenters. The summed E-state index contributed by atoms with van der Waals surface area (Å²) < 4.78 is 11.4. The van der Waals surface area contributed by atoms with Crippen molar-refractivity contribution < 1.29 is 49.4 Å². The van der Waals surface area contributed by atoms with Crippen molar-refractivity contribution in [1.29, 1.82) is 0 Å². The Morgan fingerprint density at radius 2 is 1.77 bits per heavy atom. The van der Waals surface area contributed by atoms with Crippen LogP contribution in [0.3, 0.4) is 0 Å². The van der Waals surface area contributed by atoms with E-state index in [1.807, 2.05) is 37.3 Å². The summed E-state index contributed by atoms with van der Waals surface area (Å²) in [7, 11) is 1.35. The third kappa shape index (κ3) is 4.41. The molecule has 2 fully saturated rings. The molecule has 5 N–H and O–H groups in total. The third-order valence-electron chi connectivity index (χ3n) is 7.81. The van der Waals surface area contributed by atoms with Gasteiger partial charge in [0.15, 0.2) is 11.9 Å². The Hall–Kier alpha value is -3.56. The van der Waals surface area contributed by atoms with Crippen molar-refractivity contribution in [3.63, 3.8) is 0 Å². The summed E-state index contributed by atoms with van der Waals surface area (Å²) in [6, 6.07) is 9.53. The van der Waals surface area contributed by atoms with Crippen LogP contribution in [0.4, 0.5) is 0 Å². The number of fused-ring (bicyclic) bond motifs is 2. The van der Waals surface area contributed by atoms with Gasteiger partial charge in [0.05, 0.1) is 7.05 Å². The van der Waals surface area contributed by atoms with Crippen LogP contribution in [0, 0.1) is 11.8 Å². The molecule has 1 aromatic heterocycles.